The highest BCUT2D eigenvalue weighted by Crippen LogP contribution is 2.29. The molecule has 6 heteroatoms. The van der Waals surface area contributed by atoms with Crippen molar-refractivity contribution in [3.8, 4) is 11.5 Å². The van der Waals surface area contributed by atoms with Gasteiger partial charge in [-0.15, -0.1) is 0 Å². The molecule has 5 nitrogen and oxygen atoms in total. The minimum atomic E-state index is -3.55. The van der Waals surface area contributed by atoms with Crippen molar-refractivity contribution in [3.63, 3.8) is 0 Å². The number of hydrogen-bond acceptors (Lipinski definition) is 4. The van der Waals surface area contributed by atoms with Gasteiger partial charge in [0, 0.05) is 13.6 Å². The summed E-state index contributed by atoms with van der Waals surface area (Å²) in [5.41, 5.74) is 1.98. The lowest BCUT2D eigenvalue weighted by atomic mass is 10.1. The van der Waals surface area contributed by atoms with Crippen molar-refractivity contribution >= 4 is 10.0 Å². The predicted molar refractivity (Wildman–Crippen MR) is 103 cm³/mol. The molecule has 0 radical (unpaired) electrons. The molecule has 0 aliphatic rings. The summed E-state index contributed by atoms with van der Waals surface area (Å²) in [6, 6.07) is 12.6. The first-order valence-corrected chi connectivity index (χ1v) is 10.2. The Morgan fingerprint density at radius 1 is 0.962 bits per heavy atom. The van der Waals surface area contributed by atoms with Crippen molar-refractivity contribution in [1.82, 2.24) is 4.31 Å². The van der Waals surface area contributed by atoms with E-state index in [0.29, 0.717) is 23.0 Å². The van der Waals surface area contributed by atoms with Crippen LogP contribution in [0.4, 0.5) is 0 Å². The second kappa shape index (κ2) is 9.05. The number of aryl methyl sites for hydroxylation is 1. The minimum absolute atomic E-state index is 0.252. The van der Waals surface area contributed by atoms with E-state index in [1.807, 2.05) is 25.1 Å². The van der Waals surface area contributed by atoms with Crippen LogP contribution >= 0.6 is 0 Å². The lowest BCUT2D eigenvalue weighted by Crippen LogP contribution is -2.26. The van der Waals surface area contributed by atoms with Crippen molar-refractivity contribution in [1.29, 1.82) is 0 Å². The Hall–Kier alpha value is -2.05. The van der Waals surface area contributed by atoms with Crippen LogP contribution < -0.4 is 9.47 Å². The summed E-state index contributed by atoms with van der Waals surface area (Å²) < 4.78 is 37.8. The second-order valence-electron chi connectivity index (χ2n) is 6.07. The molecule has 0 aliphatic carbocycles. The first kappa shape index (κ1) is 20.3. The molecule has 0 amide bonds. The Labute approximate surface area is 156 Å². The third-order valence-electron chi connectivity index (χ3n) is 4.10. The maximum absolute atomic E-state index is 12.8. The van der Waals surface area contributed by atoms with E-state index in [4.69, 9.17) is 9.47 Å². The average molecular weight is 378 g/mol. The molecule has 26 heavy (non-hydrogen) atoms. The van der Waals surface area contributed by atoms with Crippen molar-refractivity contribution in [2.75, 3.05) is 20.8 Å². The Kier molecular flexibility index (Phi) is 7.06. The van der Waals surface area contributed by atoms with E-state index < -0.39 is 10.0 Å². The molecular weight excluding hydrogens is 350 g/mol. The van der Waals surface area contributed by atoms with Crippen molar-refractivity contribution in [3.05, 3.63) is 53.6 Å². The van der Waals surface area contributed by atoms with Crippen LogP contribution in [0, 0.1) is 0 Å². The zero-order chi connectivity index (χ0) is 19.2. The average Bonchev–Trinajstić information content (AvgIpc) is 2.63. The predicted octanol–water partition coefficient (Wildman–Crippen LogP) is 3.87. The van der Waals surface area contributed by atoms with Gasteiger partial charge in [-0.1, -0.05) is 31.5 Å². The molecule has 2 aromatic rings. The maximum Gasteiger partial charge on any atom is 0.243 e. The van der Waals surface area contributed by atoms with E-state index >= 15 is 0 Å². The van der Waals surface area contributed by atoms with E-state index in [0.717, 1.165) is 24.0 Å². The topological polar surface area (TPSA) is 55.8 Å². The summed E-state index contributed by atoms with van der Waals surface area (Å²) in [6.07, 6.45) is 1.98. The summed E-state index contributed by atoms with van der Waals surface area (Å²) in [4.78, 5) is 0.303. The summed E-state index contributed by atoms with van der Waals surface area (Å²) >= 11 is 0. The molecule has 0 bridgehead atoms. The third kappa shape index (κ3) is 4.77. The van der Waals surface area contributed by atoms with Crippen LogP contribution in [0.15, 0.2) is 47.4 Å². The highest BCUT2D eigenvalue weighted by Gasteiger charge is 2.21. The van der Waals surface area contributed by atoms with Crippen LogP contribution in [0.25, 0.3) is 0 Å². The second-order valence-corrected chi connectivity index (χ2v) is 8.12. The number of rotatable bonds is 9. The van der Waals surface area contributed by atoms with Gasteiger partial charge in [-0.25, -0.2) is 8.42 Å². The van der Waals surface area contributed by atoms with E-state index in [1.165, 1.54) is 4.31 Å². The van der Waals surface area contributed by atoms with E-state index in [9.17, 15) is 8.42 Å². The maximum atomic E-state index is 12.8. The molecule has 0 aliphatic heterocycles. The van der Waals surface area contributed by atoms with Crippen molar-refractivity contribution < 1.29 is 17.9 Å². The molecule has 0 N–H and O–H groups in total. The number of benzene rings is 2. The SMILES string of the molecule is CCCc1ccc(S(=O)(=O)N(C)Cc2ccc(OCC)c(OC)c2)cc1. The van der Waals surface area contributed by atoms with Crippen LogP contribution in [0.5, 0.6) is 11.5 Å². The van der Waals surface area contributed by atoms with Gasteiger partial charge in [0.1, 0.15) is 0 Å². The Morgan fingerprint density at radius 3 is 2.19 bits per heavy atom. The first-order valence-electron chi connectivity index (χ1n) is 8.77. The van der Waals surface area contributed by atoms with Gasteiger partial charge >= 0.3 is 0 Å². The smallest absolute Gasteiger partial charge is 0.243 e. The van der Waals surface area contributed by atoms with Gasteiger partial charge in [0.15, 0.2) is 11.5 Å². The number of methoxy groups -OCH3 is 1. The summed E-state index contributed by atoms with van der Waals surface area (Å²) in [6.45, 7) is 4.79. The molecule has 0 atom stereocenters. The molecule has 0 spiro atoms. The largest absolute Gasteiger partial charge is 0.493 e. The van der Waals surface area contributed by atoms with Crippen LogP contribution in [-0.2, 0) is 23.0 Å². The first-order chi connectivity index (χ1) is 12.4. The zero-order valence-electron chi connectivity index (χ0n) is 15.9. The number of nitrogens with zero attached hydrogens (tertiary/aromatic N) is 1. The lowest BCUT2D eigenvalue weighted by molar-refractivity contribution is 0.310. The molecule has 0 unspecified atom stereocenters. The van der Waals surface area contributed by atoms with Crippen LogP contribution in [0.3, 0.4) is 0 Å². The molecule has 2 aromatic carbocycles. The molecule has 0 heterocycles. The summed E-state index contributed by atoms with van der Waals surface area (Å²) in [5, 5.41) is 0. The molecule has 0 aromatic heterocycles. The molecule has 0 saturated carbocycles. The van der Waals surface area contributed by atoms with E-state index in [2.05, 4.69) is 6.92 Å². The molecular formula is C20H27NO4S. The quantitative estimate of drug-likeness (QED) is 0.666. The van der Waals surface area contributed by atoms with Gasteiger partial charge < -0.3 is 9.47 Å². The molecule has 2 rings (SSSR count). The third-order valence-corrected chi connectivity index (χ3v) is 5.92. The van der Waals surface area contributed by atoms with E-state index in [1.54, 1.807) is 38.4 Å². The minimum Gasteiger partial charge on any atom is -0.493 e. The Balaban J connectivity index is 2.18. The van der Waals surface area contributed by atoms with Gasteiger partial charge in [-0.05, 0) is 48.7 Å². The Morgan fingerprint density at radius 2 is 1.62 bits per heavy atom. The normalized spacial score (nSPS) is 11.6. The lowest BCUT2D eigenvalue weighted by Gasteiger charge is -2.18. The number of hydrogen-bond donors (Lipinski definition) is 0. The Bertz CT molecular complexity index is 816. The van der Waals surface area contributed by atoms with Gasteiger partial charge in [0.2, 0.25) is 10.0 Å². The molecule has 0 fully saturated rings. The van der Waals surface area contributed by atoms with Gasteiger partial charge in [-0.3, -0.25) is 0 Å². The summed E-state index contributed by atoms with van der Waals surface area (Å²) in [7, 11) is -0.397. The fourth-order valence-corrected chi connectivity index (χ4v) is 3.88. The zero-order valence-corrected chi connectivity index (χ0v) is 16.7. The monoisotopic (exact) mass is 377 g/mol. The standard InChI is InChI=1S/C20H27NO4S/c1-5-7-16-8-11-18(12-9-16)26(22,23)21(3)15-17-10-13-19(25-6-2)20(14-17)24-4/h8-14H,5-7,15H2,1-4H3. The fraction of sp³-hybridized carbons (Fsp3) is 0.400. The van der Waals surface area contributed by atoms with Crippen LogP contribution in [0.2, 0.25) is 0 Å². The van der Waals surface area contributed by atoms with Gasteiger partial charge in [-0.2, -0.15) is 4.31 Å². The van der Waals surface area contributed by atoms with Crippen molar-refractivity contribution in [2.24, 2.45) is 0 Å². The molecule has 0 saturated heterocycles. The highest BCUT2D eigenvalue weighted by molar-refractivity contribution is 7.89. The van der Waals surface area contributed by atoms with E-state index in [-0.39, 0.29) is 6.54 Å². The molecule has 142 valence electrons. The van der Waals surface area contributed by atoms with Crippen molar-refractivity contribution in [2.45, 2.75) is 38.1 Å². The van der Waals surface area contributed by atoms with Gasteiger partial charge in [0.25, 0.3) is 0 Å². The highest BCUT2D eigenvalue weighted by atomic mass is 32.2. The fourth-order valence-electron chi connectivity index (χ4n) is 2.72. The van der Waals surface area contributed by atoms with Gasteiger partial charge in [0.05, 0.1) is 18.6 Å². The number of ether oxygens (including phenoxy) is 2. The van der Waals surface area contributed by atoms with Crippen LogP contribution in [0.1, 0.15) is 31.4 Å². The summed E-state index contributed by atoms with van der Waals surface area (Å²) in [5.74, 6) is 1.25. The number of sulfonamides is 1. The van der Waals surface area contributed by atoms with Crippen LogP contribution in [-0.4, -0.2) is 33.5 Å².